The minimum absolute atomic E-state index is 0.0212. The molecule has 2 rings (SSSR count). The summed E-state index contributed by atoms with van der Waals surface area (Å²) in [7, 11) is 0. The molecule has 8 heteroatoms. The Morgan fingerprint density at radius 2 is 1.90 bits per heavy atom. The summed E-state index contributed by atoms with van der Waals surface area (Å²) in [6.45, 7) is 7.82. The van der Waals surface area contributed by atoms with Gasteiger partial charge < -0.3 is 24.8 Å². The highest BCUT2D eigenvalue weighted by atomic mass is 16.6. The lowest BCUT2D eigenvalue weighted by molar-refractivity contribution is -0.144. The fourth-order valence-electron chi connectivity index (χ4n) is 4.47. The minimum Gasteiger partial charge on any atom is -0.462 e. The third-order valence-corrected chi connectivity index (χ3v) is 6.43. The van der Waals surface area contributed by atoms with Gasteiger partial charge in [0.2, 0.25) is 0 Å². The molecule has 1 fully saturated rings. The van der Waals surface area contributed by atoms with Gasteiger partial charge in [0, 0.05) is 44.1 Å². The standard InChI is InChI=1S/C23H34O8/c1-13-10-18(19(27)8-9-24)23(29,20(13)28)11-16(12-30-14(2)25)6-7-17-21(22(17,4)5)31-15(3)26/h6,10,17-19,21,24,27,29H,7-9,11-12H2,1-5H3/b16-6+/t17-,18-,19-,21-,23+/m0/s1. The van der Waals surface area contributed by atoms with Crippen LogP contribution in [0, 0.1) is 17.3 Å². The molecule has 31 heavy (non-hydrogen) atoms. The first kappa shape index (κ1) is 25.2. The van der Waals surface area contributed by atoms with Crippen molar-refractivity contribution >= 4 is 17.7 Å². The van der Waals surface area contributed by atoms with Crippen LogP contribution in [0.5, 0.6) is 0 Å². The van der Waals surface area contributed by atoms with E-state index < -0.39 is 29.4 Å². The van der Waals surface area contributed by atoms with Gasteiger partial charge in [-0.3, -0.25) is 14.4 Å². The number of rotatable bonds is 10. The molecule has 0 saturated heterocycles. The first-order valence-corrected chi connectivity index (χ1v) is 10.6. The van der Waals surface area contributed by atoms with Gasteiger partial charge >= 0.3 is 11.9 Å². The van der Waals surface area contributed by atoms with Crippen molar-refractivity contribution < 1.29 is 39.2 Å². The van der Waals surface area contributed by atoms with E-state index in [9.17, 15) is 24.6 Å². The fourth-order valence-corrected chi connectivity index (χ4v) is 4.47. The molecule has 0 aromatic carbocycles. The minimum atomic E-state index is -1.89. The van der Waals surface area contributed by atoms with Crippen LogP contribution < -0.4 is 0 Å². The average molecular weight is 439 g/mol. The van der Waals surface area contributed by atoms with E-state index >= 15 is 0 Å². The van der Waals surface area contributed by atoms with Crippen molar-refractivity contribution in [2.45, 2.75) is 71.7 Å². The quantitative estimate of drug-likeness (QED) is 0.345. The van der Waals surface area contributed by atoms with Crippen molar-refractivity contribution in [2.24, 2.45) is 17.3 Å². The predicted molar refractivity (Wildman–Crippen MR) is 112 cm³/mol. The molecule has 0 amide bonds. The van der Waals surface area contributed by atoms with Gasteiger partial charge in [0.15, 0.2) is 5.78 Å². The van der Waals surface area contributed by atoms with Crippen LogP contribution in [-0.2, 0) is 23.9 Å². The van der Waals surface area contributed by atoms with Gasteiger partial charge in [-0.15, -0.1) is 0 Å². The molecule has 2 aliphatic rings. The molecular formula is C23H34O8. The zero-order chi connectivity index (χ0) is 23.6. The van der Waals surface area contributed by atoms with Gasteiger partial charge in [-0.1, -0.05) is 26.0 Å². The number of ketones is 1. The molecule has 0 heterocycles. The smallest absolute Gasteiger partial charge is 0.302 e. The molecule has 5 atom stereocenters. The predicted octanol–water partition coefficient (Wildman–Crippen LogP) is 1.46. The zero-order valence-electron chi connectivity index (χ0n) is 18.9. The van der Waals surface area contributed by atoms with Crippen LogP contribution in [0.2, 0.25) is 0 Å². The zero-order valence-corrected chi connectivity index (χ0v) is 18.9. The third kappa shape index (κ3) is 5.61. The summed E-state index contributed by atoms with van der Waals surface area (Å²) in [5, 5.41) is 30.8. The monoisotopic (exact) mass is 438 g/mol. The van der Waals surface area contributed by atoms with Crippen LogP contribution in [0.4, 0.5) is 0 Å². The highest BCUT2D eigenvalue weighted by Gasteiger charge is 2.60. The van der Waals surface area contributed by atoms with Gasteiger partial charge in [-0.05, 0) is 30.9 Å². The summed E-state index contributed by atoms with van der Waals surface area (Å²) in [6.07, 6.45) is 2.44. The maximum atomic E-state index is 12.8. The van der Waals surface area contributed by atoms with E-state index in [1.54, 1.807) is 6.92 Å². The Bertz CT molecular complexity index is 780. The van der Waals surface area contributed by atoms with Crippen LogP contribution in [0.3, 0.4) is 0 Å². The van der Waals surface area contributed by atoms with E-state index in [4.69, 9.17) is 14.6 Å². The number of carbonyl (C=O) groups excluding carboxylic acids is 3. The molecule has 0 spiro atoms. The van der Waals surface area contributed by atoms with Gasteiger partial charge in [0.1, 0.15) is 18.3 Å². The third-order valence-electron chi connectivity index (χ3n) is 6.43. The second-order valence-corrected chi connectivity index (χ2v) is 9.22. The summed E-state index contributed by atoms with van der Waals surface area (Å²) >= 11 is 0. The SMILES string of the molecule is CC(=O)OC/C(=C/C[C@H]1[C@H](OC(C)=O)C1(C)C)C[C@]1(O)C(=O)C(C)=C[C@H]1[C@@H](O)CCO. The lowest BCUT2D eigenvalue weighted by atomic mass is 9.79. The van der Waals surface area contributed by atoms with Crippen molar-refractivity contribution in [3.8, 4) is 0 Å². The van der Waals surface area contributed by atoms with Crippen molar-refractivity contribution in [1.29, 1.82) is 0 Å². The Morgan fingerprint density at radius 3 is 2.45 bits per heavy atom. The van der Waals surface area contributed by atoms with Crippen LogP contribution in [0.15, 0.2) is 23.3 Å². The van der Waals surface area contributed by atoms with E-state index in [1.165, 1.54) is 19.9 Å². The number of hydrogen-bond donors (Lipinski definition) is 3. The summed E-state index contributed by atoms with van der Waals surface area (Å²) in [4.78, 5) is 35.4. The molecule has 0 aliphatic heterocycles. The Kier molecular flexibility index (Phi) is 7.84. The molecule has 2 aliphatic carbocycles. The molecule has 174 valence electrons. The first-order valence-electron chi connectivity index (χ1n) is 10.6. The normalized spacial score (nSPS) is 30.6. The number of esters is 2. The highest BCUT2D eigenvalue weighted by Crippen LogP contribution is 2.56. The van der Waals surface area contributed by atoms with E-state index in [0.29, 0.717) is 17.6 Å². The number of allylic oxidation sites excluding steroid dienone is 1. The molecule has 0 bridgehead atoms. The molecule has 3 N–H and O–H groups in total. The maximum absolute atomic E-state index is 12.8. The number of Topliss-reactive ketones (excluding diaryl/α,β-unsaturated/α-hetero) is 1. The van der Waals surface area contributed by atoms with E-state index in [0.717, 1.165) is 0 Å². The Balaban J connectivity index is 2.23. The molecular weight excluding hydrogens is 404 g/mol. The van der Waals surface area contributed by atoms with Crippen molar-refractivity contribution in [3.63, 3.8) is 0 Å². The molecule has 1 saturated carbocycles. The van der Waals surface area contributed by atoms with Crippen molar-refractivity contribution in [1.82, 2.24) is 0 Å². The number of ether oxygens (including phenoxy) is 2. The summed E-state index contributed by atoms with van der Waals surface area (Å²) in [5.41, 5.74) is -1.21. The topological polar surface area (TPSA) is 130 Å². The molecule has 0 unspecified atom stereocenters. The maximum Gasteiger partial charge on any atom is 0.302 e. The average Bonchev–Trinajstić information content (AvgIpc) is 3.08. The first-order chi connectivity index (χ1) is 14.3. The molecule has 0 aromatic heterocycles. The lowest BCUT2D eigenvalue weighted by Crippen LogP contribution is -2.47. The van der Waals surface area contributed by atoms with Crippen LogP contribution >= 0.6 is 0 Å². The largest absolute Gasteiger partial charge is 0.462 e. The lowest BCUT2D eigenvalue weighted by Gasteiger charge is -2.32. The van der Waals surface area contributed by atoms with Crippen LogP contribution in [0.1, 0.15) is 53.9 Å². The Morgan fingerprint density at radius 1 is 1.26 bits per heavy atom. The van der Waals surface area contributed by atoms with Crippen LogP contribution in [-0.4, -0.2) is 64.1 Å². The van der Waals surface area contributed by atoms with Crippen LogP contribution in [0.25, 0.3) is 0 Å². The summed E-state index contributed by atoms with van der Waals surface area (Å²) in [6, 6.07) is 0. The highest BCUT2D eigenvalue weighted by molar-refractivity contribution is 6.04. The van der Waals surface area contributed by atoms with Gasteiger partial charge in [-0.25, -0.2) is 0 Å². The van der Waals surface area contributed by atoms with Crippen molar-refractivity contribution in [3.05, 3.63) is 23.3 Å². The Labute approximate surface area is 182 Å². The second kappa shape index (κ2) is 9.63. The summed E-state index contributed by atoms with van der Waals surface area (Å²) in [5.74, 6) is -2.15. The number of aliphatic hydroxyl groups is 3. The van der Waals surface area contributed by atoms with Gasteiger partial charge in [0.25, 0.3) is 0 Å². The Hall–Kier alpha value is -2.03. The van der Waals surface area contributed by atoms with Gasteiger partial charge in [0.05, 0.1) is 6.10 Å². The molecule has 8 nitrogen and oxygen atoms in total. The second-order valence-electron chi connectivity index (χ2n) is 9.22. The number of hydrogen-bond acceptors (Lipinski definition) is 8. The number of aliphatic hydroxyl groups excluding tert-OH is 2. The van der Waals surface area contributed by atoms with E-state index in [-0.39, 0.29) is 49.5 Å². The molecule has 0 radical (unpaired) electrons. The molecule has 0 aromatic rings. The summed E-state index contributed by atoms with van der Waals surface area (Å²) < 4.78 is 10.5. The van der Waals surface area contributed by atoms with E-state index in [2.05, 4.69) is 0 Å². The van der Waals surface area contributed by atoms with Gasteiger partial charge in [-0.2, -0.15) is 0 Å². The fraction of sp³-hybridized carbons (Fsp3) is 0.696. The number of carbonyl (C=O) groups is 3. The van der Waals surface area contributed by atoms with Crippen molar-refractivity contribution in [2.75, 3.05) is 13.2 Å². The van der Waals surface area contributed by atoms with E-state index in [1.807, 2.05) is 19.9 Å².